The summed E-state index contributed by atoms with van der Waals surface area (Å²) >= 11 is 7.75. The minimum absolute atomic E-state index is 0.0792. The van der Waals surface area contributed by atoms with Crippen LogP contribution in [0.2, 0.25) is 5.15 Å². The quantitative estimate of drug-likeness (QED) is 0.405. The van der Waals surface area contributed by atoms with E-state index in [1.165, 1.54) is 10.9 Å². The number of aryl methyl sites for hydroxylation is 1. The third-order valence-electron chi connectivity index (χ3n) is 3.08. The number of non-ortho nitro benzene ring substituents is 1. The molecule has 0 aliphatic heterocycles. The largest absolute Gasteiger partial charge is 0.281 e. The maximum Gasteiger partial charge on any atom is 0.281 e. The number of hydrogen-bond donors (Lipinski definition) is 0. The van der Waals surface area contributed by atoms with E-state index in [1.807, 2.05) is 12.1 Å². The van der Waals surface area contributed by atoms with E-state index in [-0.39, 0.29) is 16.2 Å². The molecule has 3 aromatic rings. The number of nitrogens with zero attached hydrogens (tertiary/aromatic N) is 3. The lowest BCUT2D eigenvalue weighted by Crippen LogP contribution is -1.95. The first-order valence-electron chi connectivity index (χ1n) is 6.30. The van der Waals surface area contributed by atoms with E-state index in [9.17, 15) is 10.1 Å². The number of benzene rings is 1. The smallest absolute Gasteiger partial charge is 0.258 e. The van der Waals surface area contributed by atoms with Gasteiger partial charge in [-0.3, -0.25) is 10.1 Å². The van der Waals surface area contributed by atoms with Gasteiger partial charge in [-0.1, -0.05) is 24.6 Å². The molecule has 1 aromatic carbocycles. The summed E-state index contributed by atoms with van der Waals surface area (Å²) < 4.78 is 0. The van der Waals surface area contributed by atoms with Crippen LogP contribution < -0.4 is 0 Å². The van der Waals surface area contributed by atoms with Crippen LogP contribution in [0.4, 0.5) is 5.69 Å². The summed E-state index contributed by atoms with van der Waals surface area (Å²) in [4.78, 5) is 21.3. The molecule has 5 nitrogen and oxygen atoms in total. The first kappa shape index (κ1) is 13.9. The fraction of sp³-hybridized carbons (Fsp3) is 0.143. The lowest BCUT2D eigenvalue weighted by molar-refractivity contribution is -0.383. The predicted octanol–water partition coefficient (Wildman–Crippen LogP) is 4.48. The number of rotatable bonds is 3. The summed E-state index contributed by atoms with van der Waals surface area (Å²) in [5.74, 6) is 0.498. The van der Waals surface area contributed by atoms with E-state index in [1.54, 1.807) is 23.5 Å². The molecule has 0 bridgehead atoms. The van der Waals surface area contributed by atoms with Crippen molar-refractivity contribution in [3.05, 3.63) is 50.5 Å². The van der Waals surface area contributed by atoms with Gasteiger partial charge in [0.1, 0.15) is 10.5 Å². The number of nitro benzene ring substituents is 1. The molecular formula is C14H10ClN3O2S. The normalized spacial score (nSPS) is 11.0. The Morgan fingerprint density at radius 1 is 1.29 bits per heavy atom. The summed E-state index contributed by atoms with van der Waals surface area (Å²) in [5, 5.41) is 11.4. The van der Waals surface area contributed by atoms with Crippen LogP contribution in [0.3, 0.4) is 0 Å². The van der Waals surface area contributed by atoms with E-state index in [0.29, 0.717) is 11.3 Å². The van der Waals surface area contributed by atoms with Crippen molar-refractivity contribution in [2.75, 3.05) is 0 Å². The highest BCUT2D eigenvalue weighted by Gasteiger charge is 2.18. The maximum absolute atomic E-state index is 11.1. The van der Waals surface area contributed by atoms with Crippen molar-refractivity contribution in [1.82, 2.24) is 9.97 Å². The van der Waals surface area contributed by atoms with Gasteiger partial charge in [-0.25, -0.2) is 9.97 Å². The van der Waals surface area contributed by atoms with Crippen molar-refractivity contribution in [2.24, 2.45) is 0 Å². The number of thiophene rings is 1. The molecule has 0 saturated carbocycles. The molecule has 0 radical (unpaired) electrons. The van der Waals surface area contributed by atoms with Gasteiger partial charge in [0.25, 0.3) is 5.69 Å². The number of hydrogen-bond acceptors (Lipinski definition) is 5. The van der Waals surface area contributed by atoms with E-state index in [2.05, 4.69) is 16.9 Å². The third kappa shape index (κ3) is 2.48. The zero-order chi connectivity index (χ0) is 15.0. The van der Waals surface area contributed by atoms with Crippen LogP contribution in [0.25, 0.3) is 21.6 Å². The highest BCUT2D eigenvalue weighted by atomic mass is 35.5. The monoisotopic (exact) mass is 319 g/mol. The van der Waals surface area contributed by atoms with Crippen molar-refractivity contribution >= 4 is 39.5 Å². The van der Waals surface area contributed by atoms with E-state index in [4.69, 9.17) is 11.6 Å². The second-order valence-electron chi connectivity index (χ2n) is 4.39. The Morgan fingerprint density at radius 2 is 2.10 bits per heavy atom. The van der Waals surface area contributed by atoms with Crippen molar-refractivity contribution in [3.63, 3.8) is 0 Å². The molecule has 7 heteroatoms. The summed E-state index contributed by atoms with van der Waals surface area (Å²) in [5.41, 5.74) is 0.398. The van der Waals surface area contributed by atoms with Gasteiger partial charge >= 0.3 is 0 Å². The highest BCUT2D eigenvalue weighted by Crippen LogP contribution is 2.33. The van der Waals surface area contributed by atoms with Gasteiger partial charge in [-0.2, -0.15) is 0 Å². The van der Waals surface area contributed by atoms with E-state index < -0.39 is 4.92 Å². The summed E-state index contributed by atoms with van der Waals surface area (Å²) in [7, 11) is 0. The van der Waals surface area contributed by atoms with Crippen LogP contribution in [0.1, 0.15) is 11.8 Å². The Bertz CT molecular complexity index is 847. The van der Waals surface area contributed by atoms with Crippen LogP contribution in [0, 0.1) is 10.1 Å². The molecule has 0 unspecified atom stereocenters. The van der Waals surface area contributed by atoms with Crippen molar-refractivity contribution in [1.29, 1.82) is 0 Å². The van der Waals surface area contributed by atoms with Crippen LogP contribution in [-0.4, -0.2) is 14.9 Å². The molecule has 0 N–H and O–H groups in total. The molecular weight excluding hydrogens is 310 g/mol. The lowest BCUT2D eigenvalue weighted by atomic mass is 10.2. The zero-order valence-corrected chi connectivity index (χ0v) is 12.6. The molecule has 0 amide bonds. The van der Waals surface area contributed by atoms with Gasteiger partial charge in [0.15, 0.2) is 5.82 Å². The molecule has 2 heterocycles. The first-order valence-corrected chi connectivity index (χ1v) is 7.49. The topological polar surface area (TPSA) is 68.9 Å². The number of fused-ring (bicyclic) bond motifs is 1. The molecule has 2 aromatic heterocycles. The summed E-state index contributed by atoms with van der Waals surface area (Å²) in [6.07, 6.45) is 0.942. The molecule has 3 rings (SSSR count). The first-order chi connectivity index (χ1) is 10.1. The van der Waals surface area contributed by atoms with E-state index >= 15 is 0 Å². The fourth-order valence-corrected chi connectivity index (χ4v) is 3.23. The number of nitro groups is 1. The SMILES string of the molecule is CCc1ccc(-c2nc(Cl)c3c([N+](=O)[O-])cccc3n2)s1. The lowest BCUT2D eigenvalue weighted by Gasteiger charge is -2.03. The molecule has 0 aliphatic rings. The van der Waals surface area contributed by atoms with Crippen molar-refractivity contribution in [2.45, 2.75) is 13.3 Å². The second kappa shape index (κ2) is 5.38. The Morgan fingerprint density at radius 3 is 2.76 bits per heavy atom. The Labute approximate surface area is 129 Å². The third-order valence-corrected chi connectivity index (χ3v) is 4.58. The maximum atomic E-state index is 11.1. The van der Waals surface area contributed by atoms with Crippen LogP contribution in [-0.2, 0) is 6.42 Å². The average molecular weight is 320 g/mol. The zero-order valence-electron chi connectivity index (χ0n) is 11.0. The average Bonchev–Trinajstić information content (AvgIpc) is 2.95. The molecule has 0 atom stereocenters. The number of aromatic nitrogens is 2. The van der Waals surface area contributed by atoms with Crippen molar-refractivity contribution in [3.8, 4) is 10.7 Å². The second-order valence-corrected chi connectivity index (χ2v) is 5.91. The molecule has 0 spiro atoms. The minimum Gasteiger partial charge on any atom is -0.258 e. The van der Waals surface area contributed by atoms with Crippen molar-refractivity contribution < 1.29 is 4.92 Å². The Kier molecular flexibility index (Phi) is 3.57. The van der Waals surface area contributed by atoms with Gasteiger partial charge in [-0.05, 0) is 24.6 Å². The van der Waals surface area contributed by atoms with Crippen LogP contribution in [0.15, 0.2) is 30.3 Å². The van der Waals surface area contributed by atoms with Gasteiger partial charge < -0.3 is 0 Å². The summed E-state index contributed by atoms with van der Waals surface area (Å²) in [6.45, 7) is 2.08. The number of halogens is 1. The molecule has 0 saturated heterocycles. The molecule has 0 aliphatic carbocycles. The molecule has 0 fully saturated rings. The van der Waals surface area contributed by atoms with Crippen LogP contribution in [0.5, 0.6) is 0 Å². The van der Waals surface area contributed by atoms with Gasteiger partial charge in [0, 0.05) is 10.9 Å². The standard InChI is InChI=1S/C14H10ClN3O2S/c1-2-8-6-7-11(21-8)14-16-9-4-3-5-10(18(19)20)12(9)13(15)17-14/h3-7H,2H2,1H3. The van der Waals surface area contributed by atoms with E-state index in [0.717, 1.165) is 11.3 Å². The van der Waals surface area contributed by atoms with Crippen LogP contribution >= 0.6 is 22.9 Å². The summed E-state index contributed by atoms with van der Waals surface area (Å²) in [6, 6.07) is 8.66. The Hall–Kier alpha value is -2.05. The molecule has 106 valence electrons. The predicted molar refractivity (Wildman–Crippen MR) is 83.9 cm³/mol. The van der Waals surface area contributed by atoms with Gasteiger partial charge in [0.2, 0.25) is 0 Å². The highest BCUT2D eigenvalue weighted by molar-refractivity contribution is 7.15. The minimum atomic E-state index is -0.475. The van der Waals surface area contributed by atoms with Gasteiger partial charge in [0.05, 0.1) is 15.3 Å². The Balaban J connectivity index is 2.22. The van der Waals surface area contributed by atoms with Gasteiger partial charge in [-0.15, -0.1) is 11.3 Å². The molecule has 21 heavy (non-hydrogen) atoms. The fourth-order valence-electron chi connectivity index (χ4n) is 2.07.